The van der Waals surface area contributed by atoms with E-state index in [1.807, 2.05) is 20.8 Å². The van der Waals surface area contributed by atoms with E-state index in [0.29, 0.717) is 5.69 Å². The highest BCUT2D eigenvalue weighted by Crippen LogP contribution is 2.18. The fourth-order valence-corrected chi connectivity index (χ4v) is 2.07. The van der Waals surface area contributed by atoms with Gasteiger partial charge in [0.1, 0.15) is 0 Å². The van der Waals surface area contributed by atoms with Crippen molar-refractivity contribution in [3.8, 4) is 0 Å². The summed E-state index contributed by atoms with van der Waals surface area (Å²) in [6.45, 7) is 5.27. The summed E-state index contributed by atoms with van der Waals surface area (Å²) in [5, 5.41) is 7.45. The number of ether oxygens (including phenoxy) is 1. The Bertz CT molecular complexity index is 645. The molecular formula is C14H20N2O5S. The Hall–Kier alpha value is -1.93. The minimum atomic E-state index is -3.77. The van der Waals surface area contributed by atoms with Gasteiger partial charge >= 0.3 is 5.97 Å². The minimum Gasteiger partial charge on any atom is -0.456 e. The predicted octanol–water partition coefficient (Wildman–Crippen LogP) is 1.25. The lowest BCUT2D eigenvalue weighted by Crippen LogP contribution is -2.23. The number of nitrogens with one attached hydrogen (secondary N) is 1. The van der Waals surface area contributed by atoms with Gasteiger partial charge in [-0.05, 0) is 29.7 Å². The Balaban J connectivity index is 2.51. The number of primary sulfonamides is 1. The molecule has 0 atom stereocenters. The van der Waals surface area contributed by atoms with Crippen LogP contribution in [0.1, 0.15) is 27.2 Å². The van der Waals surface area contributed by atoms with Crippen LogP contribution in [0, 0.1) is 5.41 Å². The maximum Gasteiger partial charge on any atom is 0.306 e. The van der Waals surface area contributed by atoms with Gasteiger partial charge in [-0.15, -0.1) is 0 Å². The number of anilines is 1. The van der Waals surface area contributed by atoms with Crippen LogP contribution in [0.4, 0.5) is 5.69 Å². The molecule has 22 heavy (non-hydrogen) atoms. The number of rotatable bonds is 5. The van der Waals surface area contributed by atoms with E-state index in [1.54, 1.807) is 0 Å². The second-order valence-corrected chi connectivity index (χ2v) is 7.58. The Morgan fingerprint density at radius 2 is 1.73 bits per heavy atom. The first-order chi connectivity index (χ1) is 9.97. The lowest BCUT2D eigenvalue weighted by atomic mass is 9.93. The lowest BCUT2D eigenvalue weighted by molar-refractivity contribution is -0.149. The van der Waals surface area contributed by atoms with E-state index in [2.05, 4.69) is 5.32 Å². The first kappa shape index (κ1) is 18.1. The van der Waals surface area contributed by atoms with Crippen molar-refractivity contribution in [1.29, 1.82) is 0 Å². The van der Waals surface area contributed by atoms with Gasteiger partial charge in [-0.3, -0.25) is 9.59 Å². The quantitative estimate of drug-likeness (QED) is 0.789. The maximum atomic E-state index is 11.6. The molecule has 3 N–H and O–H groups in total. The van der Waals surface area contributed by atoms with Crippen LogP contribution in [0.5, 0.6) is 0 Å². The first-order valence-electron chi connectivity index (χ1n) is 6.56. The molecule has 7 nitrogen and oxygen atoms in total. The Labute approximate surface area is 129 Å². The van der Waals surface area contributed by atoms with Gasteiger partial charge in [0.2, 0.25) is 10.0 Å². The summed E-state index contributed by atoms with van der Waals surface area (Å²) >= 11 is 0. The summed E-state index contributed by atoms with van der Waals surface area (Å²) in [6.07, 6.45) is 0.212. The monoisotopic (exact) mass is 328 g/mol. The lowest BCUT2D eigenvalue weighted by Gasteiger charge is -2.16. The van der Waals surface area contributed by atoms with Gasteiger partial charge in [0.05, 0.1) is 11.3 Å². The van der Waals surface area contributed by atoms with Crippen molar-refractivity contribution >= 4 is 27.6 Å². The van der Waals surface area contributed by atoms with Crippen LogP contribution in [0.25, 0.3) is 0 Å². The molecule has 0 heterocycles. The molecule has 0 unspecified atom stereocenters. The summed E-state index contributed by atoms with van der Waals surface area (Å²) in [5.74, 6) is -0.960. The van der Waals surface area contributed by atoms with Gasteiger partial charge in [-0.1, -0.05) is 20.8 Å². The molecular weight excluding hydrogens is 308 g/mol. The van der Waals surface area contributed by atoms with Gasteiger partial charge in [-0.25, -0.2) is 13.6 Å². The molecule has 0 aromatic heterocycles. The predicted molar refractivity (Wildman–Crippen MR) is 81.5 cm³/mol. The number of carbonyl (C=O) groups excluding carboxylic acids is 2. The smallest absolute Gasteiger partial charge is 0.306 e. The fraction of sp³-hybridized carbons (Fsp3) is 0.429. The molecule has 0 aliphatic carbocycles. The second-order valence-electron chi connectivity index (χ2n) is 6.02. The molecule has 0 aliphatic rings. The number of nitrogens with two attached hydrogens (primary N) is 1. The van der Waals surface area contributed by atoms with Crippen molar-refractivity contribution in [2.24, 2.45) is 10.6 Å². The summed E-state index contributed by atoms with van der Waals surface area (Å²) in [4.78, 5) is 23.1. The zero-order valence-electron chi connectivity index (χ0n) is 12.8. The number of amides is 1. The zero-order valence-corrected chi connectivity index (χ0v) is 13.6. The first-order valence-corrected chi connectivity index (χ1v) is 8.10. The van der Waals surface area contributed by atoms with Gasteiger partial charge < -0.3 is 10.1 Å². The third-order valence-corrected chi connectivity index (χ3v) is 3.43. The third-order valence-electron chi connectivity index (χ3n) is 2.51. The van der Waals surface area contributed by atoms with Crippen molar-refractivity contribution in [3.63, 3.8) is 0 Å². The topological polar surface area (TPSA) is 116 Å². The number of esters is 1. The van der Waals surface area contributed by atoms with Crippen LogP contribution in [-0.2, 0) is 24.3 Å². The Morgan fingerprint density at radius 1 is 1.18 bits per heavy atom. The summed E-state index contributed by atoms with van der Waals surface area (Å²) in [5.41, 5.74) is 0.168. The molecule has 1 aromatic carbocycles. The molecule has 122 valence electrons. The number of hydrogen-bond donors (Lipinski definition) is 2. The number of carbonyl (C=O) groups is 2. The molecule has 1 amide bonds. The Morgan fingerprint density at radius 3 is 2.18 bits per heavy atom. The standard InChI is InChI=1S/C14H20N2O5S/c1-14(2,3)8-13(18)21-9-12(17)16-10-4-6-11(7-5-10)22(15,19)20/h4-7H,8-9H2,1-3H3,(H,16,17)(H2,15,19,20). The van der Waals surface area contributed by atoms with Gasteiger partial charge in [0, 0.05) is 5.69 Å². The average molecular weight is 328 g/mol. The molecule has 0 fully saturated rings. The molecule has 8 heteroatoms. The third kappa shape index (κ3) is 6.68. The molecule has 1 aromatic rings. The molecule has 0 aliphatic heterocycles. The van der Waals surface area contributed by atoms with Crippen molar-refractivity contribution in [2.45, 2.75) is 32.1 Å². The van der Waals surface area contributed by atoms with Gasteiger partial charge in [0.15, 0.2) is 6.61 Å². The van der Waals surface area contributed by atoms with Crippen LogP contribution in [0.2, 0.25) is 0 Å². The summed E-state index contributed by atoms with van der Waals surface area (Å²) in [6, 6.07) is 5.34. The van der Waals surface area contributed by atoms with Crippen molar-refractivity contribution in [3.05, 3.63) is 24.3 Å². The van der Waals surface area contributed by atoms with E-state index >= 15 is 0 Å². The molecule has 0 radical (unpaired) electrons. The minimum absolute atomic E-state index is 0.0536. The highest BCUT2D eigenvalue weighted by Gasteiger charge is 2.18. The summed E-state index contributed by atoms with van der Waals surface area (Å²) in [7, 11) is -3.77. The normalized spacial score (nSPS) is 11.8. The molecule has 1 rings (SSSR count). The molecule has 0 saturated carbocycles. The largest absolute Gasteiger partial charge is 0.456 e. The second kappa shape index (κ2) is 6.89. The van der Waals surface area contributed by atoms with Gasteiger partial charge in [-0.2, -0.15) is 0 Å². The van der Waals surface area contributed by atoms with E-state index in [4.69, 9.17) is 9.88 Å². The number of benzene rings is 1. The van der Waals surface area contributed by atoms with E-state index < -0.39 is 28.5 Å². The number of sulfonamides is 1. The van der Waals surface area contributed by atoms with Crippen LogP contribution < -0.4 is 10.5 Å². The van der Waals surface area contributed by atoms with E-state index in [0.717, 1.165) is 0 Å². The zero-order chi connectivity index (χ0) is 17.0. The van der Waals surface area contributed by atoms with E-state index in [-0.39, 0.29) is 16.7 Å². The van der Waals surface area contributed by atoms with E-state index in [9.17, 15) is 18.0 Å². The van der Waals surface area contributed by atoms with Crippen molar-refractivity contribution in [1.82, 2.24) is 0 Å². The van der Waals surface area contributed by atoms with Gasteiger partial charge in [0.25, 0.3) is 5.91 Å². The number of hydrogen-bond acceptors (Lipinski definition) is 5. The van der Waals surface area contributed by atoms with Crippen LogP contribution in [0.15, 0.2) is 29.2 Å². The molecule has 0 spiro atoms. The van der Waals surface area contributed by atoms with Crippen LogP contribution in [0.3, 0.4) is 0 Å². The van der Waals surface area contributed by atoms with Crippen molar-refractivity contribution in [2.75, 3.05) is 11.9 Å². The van der Waals surface area contributed by atoms with E-state index in [1.165, 1.54) is 24.3 Å². The maximum absolute atomic E-state index is 11.6. The molecule has 0 saturated heterocycles. The van der Waals surface area contributed by atoms with Crippen LogP contribution in [-0.4, -0.2) is 26.9 Å². The highest BCUT2D eigenvalue weighted by molar-refractivity contribution is 7.89. The highest BCUT2D eigenvalue weighted by atomic mass is 32.2. The Kier molecular flexibility index (Phi) is 5.67. The fourth-order valence-electron chi connectivity index (χ4n) is 1.56. The summed E-state index contributed by atoms with van der Waals surface area (Å²) < 4.78 is 27.0. The van der Waals surface area contributed by atoms with Crippen molar-refractivity contribution < 1.29 is 22.7 Å². The average Bonchev–Trinajstić information content (AvgIpc) is 2.34. The SMILES string of the molecule is CC(C)(C)CC(=O)OCC(=O)Nc1ccc(S(N)(=O)=O)cc1. The van der Waals surface area contributed by atoms with Crippen LogP contribution >= 0.6 is 0 Å². The molecule has 0 bridgehead atoms.